The molecule has 0 unspecified atom stereocenters. The number of hydrazine groups is 1. The Morgan fingerprint density at radius 1 is 0.969 bits per heavy atom. The zero-order valence-corrected chi connectivity index (χ0v) is 18.2. The number of halogens is 1. The van der Waals surface area contributed by atoms with E-state index in [2.05, 4.69) is 31.7 Å². The van der Waals surface area contributed by atoms with E-state index in [9.17, 15) is 14.4 Å². The van der Waals surface area contributed by atoms with Crippen LogP contribution in [-0.4, -0.2) is 44.0 Å². The average Bonchev–Trinajstić information content (AvgIpc) is 3.35. The molecule has 32 heavy (non-hydrogen) atoms. The Labute approximate surface area is 189 Å². The van der Waals surface area contributed by atoms with Crippen LogP contribution in [0.15, 0.2) is 54.9 Å². The molecule has 3 rings (SSSR count). The fourth-order valence-electron chi connectivity index (χ4n) is 2.84. The van der Waals surface area contributed by atoms with Crippen molar-refractivity contribution in [3.8, 4) is 5.69 Å². The summed E-state index contributed by atoms with van der Waals surface area (Å²) in [7, 11) is 0. The summed E-state index contributed by atoms with van der Waals surface area (Å²) in [6.45, 7) is 3.75. The molecule has 1 aromatic heterocycles. The van der Waals surface area contributed by atoms with E-state index in [1.54, 1.807) is 48.5 Å². The number of hydrogen-bond acceptors (Lipinski definition) is 6. The van der Waals surface area contributed by atoms with E-state index in [1.807, 2.05) is 13.8 Å². The Balaban J connectivity index is 1.61. The maximum absolute atomic E-state index is 12.7. The highest BCUT2D eigenvalue weighted by atomic mass is 35.5. The van der Waals surface area contributed by atoms with Crippen LogP contribution in [0.1, 0.15) is 41.0 Å². The highest BCUT2D eigenvalue weighted by molar-refractivity contribution is 6.30. The van der Waals surface area contributed by atoms with E-state index in [0.717, 1.165) is 0 Å². The second kappa shape index (κ2) is 10.5. The van der Waals surface area contributed by atoms with Crippen LogP contribution in [0.5, 0.6) is 0 Å². The average molecular weight is 456 g/mol. The van der Waals surface area contributed by atoms with Gasteiger partial charge in [-0.1, -0.05) is 31.9 Å². The molecule has 0 bridgehead atoms. The van der Waals surface area contributed by atoms with Crippen molar-refractivity contribution in [2.45, 2.75) is 26.3 Å². The van der Waals surface area contributed by atoms with Crippen LogP contribution in [0.2, 0.25) is 5.02 Å². The Hall–Kier alpha value is -3.79. The first-order valence-electron chi connectivity index (χ1n) is 9.89. The molecule has 0 saturated carbocycles. The summed E-state index contributed by atoms with van der Waals surface area (Å²) < 4.78 is 1.45. The first kappa shape index (κ1) is 22.9. The van der Waals surface area contributed by atoms with Crippen LogP contribution in [0, 0.1) is 5.92 Å². The topological polar surface area (TPSA) is 131 Å². The van der Waals surface area contributed by atoms with E-state index in [1.165, 1.54) is 11.0 Å². The van der Waals surface area contributed by atoms with Crippen molar-refractivity contribution in [2.24, 2.45) is 5.92 Å². The van der Waals surface area contributed by atoms with Gasteiger partial charge < -0.3 is 5.32 Å². The molecule has 2 aromatic carbocycles. The first-order chi connectivity index (χ1) is 15.4. The molecule has 10 nitrogen and oxygen atoms in total. The highest BCUT2D eigenvalue weighted by Gasteiger charge is 2.26. The van der Waals surface area contributed by atoms with Gasteiger partial charge in [0.25, 0.3) is 17.7 Å². The predicted octanol–water partition coefficient (Wildman–Crippen LogP) is 1.92. The van der Waals surface area contributed by atoms with Gasteiger partial charge in [0.05, 0.1) is 5.69 Å². The number of carbonyl (C=O) groups is 3. The summed E-state index contributed by atoms with van der Waals surface area (Å²) in [5.41, 5.74) is 6.15. The summed E-state index contributed by atoms with van der Waals surface area (Å²) in [4.78, 5) is 37.7. The zero-order chi connectivity index (χ0) is 23.1. The smallest absolute Gasteiger partial charge is 0.269 e. The van der Waals surface area contributed by atoms with Crippen molar-refractivity contribution in [3.05, 3.63) is 71.0 Å². The lowest BCUT2D eigenvalue weighted by atomic mass is 9.98. The molecule has 3 N–H and O–H groups in total. The lowest BCUT2D eigenvalue weighted by Crippen LogP contribution is -2.54. The molecule has 0 fully saturated rings. The van der Waals surface area contributed by atoms with E-state index in [0.29, 0.717) is 28.3 Å². The number of rotatable bonds is 7. The molecule has 11 heteroatoms. The van der Waals surface area contributed by atoms with Crippen LogP contribution in [-0.2, 0) is 4.79 Å². The van der Waals surface area contributed by atoms with E-state index < -0.39 is 23.8 Å². The highest BCUT2D eigenvalue weighted by Crippen LogP contribution is 2.12. The second-order valence-electron chi connectivity index (χ2n) is 7.09. The molecule has 0 aliphatic heterocycles. The van der Waals surface area contributed by atoms with Gasteiger partial charge >= 0.3 is 0 Å². The van der Waals surface area contributed by atoms with Crippen molar-refractivity contribution in [2.75, 3.05) is 0 Å². The van der Waals surface area contributed by atoms with Gasteiger partial charge in [-0.3, -0.25) is 25.2 Å². The molecule has 0 saturated heterocycles. The van der Waals surface area contributed by atoms with Crippen LogP contribution in [0.3, 0.4) is 0 Å². The van der Waals surface area contributed by atoms with Gasteiger partial charge in [-0.25, -0.2) is 4.68 Å². The number of tetrazole rings is 1. The van der Waals surface area contributed by atoms with Crippen molar-refractivity contribution in [3.63, 3.8) is 0 Å². The molecule has 1 heterocycles. The summed E-state index contributed by atoms with van der Waals surface area (Å²) in [5.74, 6) is -1.61. The molecular weight excluding hydrogens is 434 g/mol. The van der Waals surface area contributed by atoms with Crippen LogP contribution in [0.25, 0.3) is 5.69 Å². The Kier molecular flexibility index (Phi) is 7.50. The van der Waals surface area contributed by atoms with Gasteiger partial charge in [0.1, 0.15) is 12.4 Å². The molecular formula is C21H22ClN7O3. The fraction of sp³-hybridized carbons (Fsp3) is 0.238. The van der Waals surface area contributed by atoms with Gasteiger partial charge in [-0.15, -0.1) is 5.10 Å². The number of benzene rings is 2. The SMILES string of the molecule is CC[C@H](C)[C@H](NC(=O)c1ccc(Cl)cc1)C(=O)NNC(=O)c1ccc(-n2cnnn2)cc1. The standard InChI is InChI=1S/C21H22ClN7O3/c1-3-13(2)18(24-19(30)14-4-8-16(22)9-5-14)21(32)26-25-20(31)15-6-10-17(11-7-15)29-12-23-27-28-29/h4-13,18H,3H2,1-2H3,(H,24,30)(H,25,31)(H,26,32)/t13-,18-/m0/s1. The van der Waals surface area contributed by atoms with Crippen molar-refractivity contribution >= 4 is 29.3 Å². The Morgan fingerprint density at radius 3 is 2.19 bits per heavy atom. The minimum absolute atomic E-state index is 0.168. The number of hydrogen-bond donors (Lipinski definition) is 3. The molecule has 3 amide bonds. The quantitative estimate of drug-likeness (QED) is 0.466. The maximum Gasteiger partial charge on any atom is 0.269 e. The number of amides is 3. The summed E-state index contributed by atoms with van der Waals surface area (Å²) >= 11 is 5.86. The normalized spacial score (nSPS) is 12.5. The lowest BCUT2D eigenvalue weighted by molar-refractivity contribution is -0.124. The lowest BCUT2D eigenvalue weighted by Gasteiger charge is -2.23. The van der Waals surface area contributed by atoms with Crippen LogP contribution < -0.4 is 16.2 Å². The second-order valence-corrected chi connectivity index (χ2v) is 7.52. The third-order valence-electron chi connectivity index (χ3n) is 4.93. The van der Waals surface area contributed by atoms with E-state index >= 15 is 0 Å². The van der Waals surface area contributed by atoms with Gasteiger partial charge in [0, 0.05) is 16.1 Å². The maximum atomic E-state index is 12.7. The molecule has 0 radical (unpaired) electrons. The number of nitrogens with zero attached hydrogens (tertiary/aromatic N) is 4. The first-order valence-corrected chi connectivity index (χ1v) is 10.3. The molecule has 0 aliphatic carbocycles. The minimum Gasteiger partial charge on any atom is -0.340 e. The van der Waals surface area contributed by atoms with Crippen molar-refractivity contribution in [1.29, 1.82) is 0 Å². The predicted molar refractivity (Wildman–Crippen MR) is 117 cm³/mol. The Bertz CT molecular complexity index is 1070. The van der Waals surface area contributed by atoms with Gasteiger partial charge in [0.15, 0.2) is 0 Å². The summed E-state index contributed by atoms with van der Waals surface area (Å²) in [6, 6.07) is 12.0. The van der Waals surface area contributed by atoms with Crippen molar-refractivity contribution < 1.29 is 14.4 Å². The Morgan fingerprint density at radius 2 is 1.59 bits per heavy atom. The van der Waals surface area contributed by atoms with Gasteiger partial charge in [-0.05, 0) is 64.9 Å². The van der Waals surface area contributed by atoms with Crippen LogP contribution in [0.4, 0.5) is 0 Å². The zero-order valence-electron chi connectivity index (χ0n) is 17.4. The third kappa shape index (κ3) is 5.67. The molecule has 0 spiro atoms. The molecule has 3 aromatic rings. The summed E-state index contributed by atoms with van der Waals surface area (Å²) in [6.07, 6.45) is 2.08. The van der Waals surface area contributed by atoms with E-state index in [4.69, 9.17) is 11.6 Å². The van der Waals surface area contributed by atoms with Gasteiger partial charge in [-0.2, -0.15) is 0 Å². The summed E-state index contributed by atoms with van der Waals surface area (Å²) in [5, 5.41) is 14.1. The van der Waals surface area contributed by atoms with Crippen LogP contribution >= 0.6 is 11.6 Å². The fourth-order valence-corrected chi connectivity index (χ4v) is 2.97. The van der Waals surface area contributed by atoms with Crippen molar-refractivity contribution in [1.82, 2.24) is 36.4 Å². The molecule has 166 valence electrons. The number of carbonyl (C=O) groups excluding carboxylic acids is 3. The minimum atomic E-state index is -0.842. The monoisotopic (exact) mass is 455 g/mol. The number of aromatic nitrogens is 4. The van der Waals surface area contributed by atoms with Gasteiger partial charge in [0.2, 0.25) is 0 Å². The molecule has 2 atom stereocenters. The molecule has 0 aliphatic rings. The van der Waals surface area contributed by atoms with E-state index in [-0.39, 0.29) is 5.92 Å². The third-order valence-corrected chi connectivity index (χ3v) is 5.18. The number of nitrogens with one attached hydrogen (secondary N) is 3. The largest absolute Gasteiger partial charge is 0.340 e.